The molecule has 2 aromatic rings. The van der Waals surface area contributed by atoms with Gasteiger partial charge in [0.2, 0.25) is 14.9 Å². The van der Waals surface area contributed by atoms with E-state index < -0.39 is 9.84 Å². The Kier molecular flexibility index (Phi) is 2.80. The van der Waals surface area contributed by atoms with E-state index in [9.17, 15) is 8.42 Å². The molecule has 0 unspecified atom stereocenters. The number of benzene rings is 1. The first kappa shape index (κ1) is 10.9. The molecule has 1 heterocycles. The van der Waals surface area contributed by atoms with Crippen molar-refractivity contribution in [3.05, 3.63) is 48.2 Å². The number of aliphatic hydroxyl groups is 1. The zero-order valence-electron chi connectivity index (χ0n) is 8.33. The normalized spacial score (nSPS) is 11.6. The highest BCUT2D eigenvalue weighted by atomic mass is 32.2. The van der Waals surface area contributed by atoms with E-state index >= 15 is 0 Å². The number of rotatable bonds is 3. The van der Waals surface area contributed by atoms with E-state index in [1.54, 1.807) is 18.2 Å². The zero-order chi connectivity index (χ0) is 11.6. The molecular weight excluding hydrogens is 228 g/mol. The summed E-state index contributed by atoms with van der Waals surface area (Å²) >= 11 is 0. The van der Waals surface area contributed by atoms with Gasteiger partial charge in [-0.3, -0.25) is 0 Å². The lowest BCUT2D eigenvalue weighted by Crippen LogP contribution is -1.99. The maximum Gasteiger partial charge on any atom is 0.239 e. The SMILES string of the molecule is O=S(=O)(c1ccccc1)c1ccc(CO)o1. The standard InChI is InChI=1S/C11H10O4S/c12-8-9-6-7-11(15-9)16(13,14)10-4-2-1-3-5-10/h1-7,12H,8H2. The highest BCUT2D eigenvalue weighted by Gasteiger charge is 2.21. The molecule has 1 aromatic carbocycles. The Morgan fingerprint density at radius 1 is 1.06 bits per heavy atom. The van der Waals surface area contributed by atoms with Crippen molar-refractivity contribution in [3.63, 3.8) is 0 Å². The van der Waals surface area contributed by atoms with Crippen LogP contribution in [-0.2, 0) is 16.4 Å². The molecule has 0 aliphatic carbocycles. The summed E-state index contributed by atoms with van der Waals surface area (Å²) in [4.78, 5) is 0.175. The Labute approximate surface area is 93.1 Å². The summed E-state index contributed by atoms with van der Waals surface area (Å²) in [5.74, 6) is 0.231. The van der Waals surface area contributed by atoms with E-state index in [1.165, 1.54) is 24.3 Å². The average molecular weight is 238 g/mol. The summed E-state index contributed by atoms with van der Waals surface area (Å²) in [5, 5.41) is 8.65. The first-order chi connectivity index (χ1) is 7.64. The van der Waals surface area contributed by atoms with Crippen molar-refractivity contribution in [2.24, 2.45) is 0 Å². The smallest absolute Gasteiger partial charge is 0.239 e. The third kappa shape index (κ3) is 1.87. The molecule has 0 saturated heterocycles. The van der Waals surface area contributed by atoms with Crippen molar-refractivity contribution in [2.75, 3.05) is 0 Å². The van der Waals surface area contributed by atoms with E-state index in [0.29, 0.717) is 0 Å². The Balaban J connectivity index is 2.47. The van der Waals surface area contributed by atoms with Crippen LogP contribution in [0.2, 0.25) is 0 Å². The second-order valence-electron chi connectivity index (χ2n) is 3.20. The lowest BCUT2D eigenvalue weighted by atomic mass is 10.4. The summed E-state index contributed by atoms with van der Waals surface area (Å²) in [5.41, 5.74) is 0. The Bertz CT molecular complexity index is 569. The molecule has 0 amide bonds. The molecule has 2 rings (SSSR count). The second-order valence-corrected chi connectivity index (χ2v) is 5.08. The molecule has 84 valence electrons. The molecule has 5 heteroatoms. The third-order valence-electron chi connectivity index (χ3n) is 2.11. The zero-order valence-corrected chi connectivity index (χ0v) is 9.15. The fraction of sp³-hybridized carbons (Fsp3) is 0.0909. The minimum Gasteiger partial charge on any atom is -0.447 e. The van der Waals surface area contributed by atoms with Gasteiger partial charge in [0.1, 0.15) is 12.4 Å². The molecule has 1 aromatic heterocycles. The summed E-state index contributed by atoms with van der Waals surface area (Å²) in [6.45, 7) is -0.315. The first-order valence-electron chi connectivity index (χ1n) is 4.64. The largest absolute Gasteiger partial charge is 0.447 e. The minimum absolute atomic E-state index is 0.150. The number of furan rings is 1. The van der Waals surface area contributed by atoms with Crippen LogP contribution < -0.4 is 0 Å². The highest BCUT2D eigenvalue weighted by molar-refractivity contribution is 7.91. The molecule has 4 nitrogen and oxygen atoms in total. The Morgan fingerprint density at radius 2 is 1.75 bits per heavy atom. The van der Waals surface area contributed by atoms with Crippen LogP contribution in [0.1, 0.15) is 5.76 Å². The van der Waals surface area contributed by atoms with Crippen LogP contribution in [-0.4, -0.2) is 13.5 Å². The van der Waals surface area contributed by atoms with Crippen molar-refractivity contribution in [1.29, 1.82) is 0 Å². The molecule has 0 aliphatic heterocycles. The van der Waals surface area contributed by atoms with Gasteiger partial charge in [-0.05, 0) is 24.3 Å². The van der Waals surface area contributed by atoms with Gasteiger partial charge >= 0.3 is 0 Å². The molecule has 0 atom stereocenters. The molecule has 0 aliphatic rings. The van der Waals surface area contributed by atoms with Crippen molar-refractivity contribution in [2.45, 2.75) is 16.6 Å². The van der Waals surface area contributed by atoms with E-state index in [0.717, 1.165) is 0 Å². The van der Waals surface area contributed by atoms with Crippen LogP contribution in [0.5, 0.6) is 0 Å². The molecule has 0 radical (unpaired) electrons. The van der Waals surface area contributed by atoms with E-state index in [4.69, 9.17) is 9.52 Å². The van der Waals surface area contributed by atoms with Crippen LogP contribution in [0.3, 0.4) is 0 Å². The van der Waals surface area contributed by atoms with Crippen LogP contribution in [0.4, 0.5) is 0 Å². The molecule has 0 spiro atoms. The van der Waals surface area contributed by atoms with Gasteiger partial charge in [-0.1, -0.05) is 18.2 Å². The maximum absolute atomic E-state index is 12.0. The molecular formula is C11H10O4S. The predicted molar refractivity (Wildman–Crippen MR) is 56.5 cm³/mol. The fourth-order valence-electron chi connectivity index (χ4n) is 1.30. The van der Waals surface area contributed by atoms with Crippen LogP contribution in [0, 0.1) is 0 Å². The van der Waals surface area contributed by atoms with E-state index in [-0.39, 0.29) is 22.4 Å². The molecule has 16 heavy (non-hydrogen) atoms. The van der Waals surface area contributed by atoms with Crippen molar-refractivity contribution in [3.8, 4) is 0 Å². The maximum atomic E-state index is 12.0. The summed E-state index contributed by atoms with van der Waals surface area (Å²) in [7, 11) is -3.61. The quantitative estimate of drug-likeness (QED) is 0.882. The third-order valence-corrected chi connectivity index (χ3v) is 3.75. The van der Waals surface area contributed by atoms with Gasteiger partial charge in [0, 0.05) is 0 Å². The van der Waals surface area contributed by atoms with Crippen LogP contribution >= 0.6 is 0 Å². The topological polar surface area (TPSA) is 67.5 Å². The number of hydrogen-bond donors (Lipinski definition) is 1. The monoisotopic (exact) mass is 238 g/mol. The molecule has 0 bridgehead atoms. The summed E-state index contributed by atoms with van der Waals surface area (Å²) in [6.07, 6.45) is 0. The number of hydrogen-bond acceptors (Lipinski definition) is 4. The van der Waals surface area contributed by atoms with Crippen LogP contribution in [0.25, 0.3) is 0 Å². The fourth-order valence-corrected chi connectivity index (χ4v) is 2.52. The number of aliphatic hydroxyl groups excluding tert-OH is 1. The summed E-state index contributed by atoms with van der Waals surface area (Å²) < 4.78 is 29.0. The van der Waals surface area contributed by atoms with Crippen LogP contribution in [0.15, 0.2) is 56.9 Å². The van der Waals surface area contributed by atoms with Crippen molar-refractivity contribution >= 4 is 9.84 Å². The first-order valence-corrected chi connectivity index (χ1v) is 6.12. The number of sulfone groups is 1. The highest BCUT2D eigenvalue weighted by Crippen LogP contribution is 2.22. The van der Waals surface area contributed by atoms with Gasteiger partial charge in [-0.15, -0.1) is 0 Å². The van der Waals surface area contributed by atoms with Gasteiger partial charge < -0.3 is 9.52 Å². The van der Waals surface area contributed by atoms with Crippen molar-refractivity contribution in [1.82, 2.24) is 0 Å². The molecule has 1 N–H and O–H groups in total. The lowest BCUT2D eigenvalue weighted by Gasteiger charge is -1.99. The van der Waals surface area contributed by atoms with E-state index in [2.05, 4.69) is 0 Å². The van der Waals surface area contributed by atoms with Crippen molar-refractivity contribution < 1.29 is 17.9 Å². The van der Waals surface area contributed by atoms with E-state index in [1.807, 2.05) is 0 Å². The Hall–Kier alpha value is -1.59. The second kappa shape index (κ2) is 4.11. The molecule has 0 saturated carbocycles. The van der Waals surface area contributed by atoms with Gasteiger partial charge in [-0.25, -0.2) is 8.42 Å². The van der Waals surface area contributed by atoms with Gasteiger partial charge in [0.05, 0.1) is 4.90 Å². The van der Waals surface area contributed by atoms with Gasteiger partial charge in [-0.2, -0.15) is 0 Å². The molecule has 0 fully saturated rings. The lowest BCUT2D eigenvalue weighted by molar-refractivity contribution is 0.236. The average Bonchev–Trinajstić information content (AvgIpc) is 2.79. The summed E-state index contributed by atoms with van der Waals surface area (Å²) in [6, 6.07) is 10.8. The van der Waals surface area contributed by atoms with Gasteiger partial charge in [0.15, 0.2) is 0 Å². The van der Waals surface area contributed by atoms with Gasteiger partial charge in [0.25, 0.3) is 0 Å². The Morgan fingerprint density at radius 3 is 2.31 bits per heavy atom. The predicted octanol–water partition coefficient (Wildman–Crippen LogP) is 1.60. The minimum atomic E-state index is -3.61.